The molecule has 1 aliphatic rings. The summed E-state index contributed by atoms with van der Waals surface area (Å²) < 4.78 is 0. The second kappa shape index (κ2) is 5.73. The third-order valence-electron chi connectivity index (χ3n) is 3.61. The molecular weight excluding hydrogens is 244 g/mol. The van der Waals surface area contributed by atoms with E-state index in [9.17, 15) is 9.59 Å². The molecule has 2 unspecified atom stereocenters. The SMILES string of the molecule is CC1C(C(=O)O)CCN1C(=O)CNc1ccccc1. The number of likely N-dealkylation sites (tertiary alicyclic amines) is 1. The van der Waals surface area contributed by atoms with Gasteiger partial charge < -0.3 is 15.3 Å². The van der Waals surface area contributed by atoms with E-state index < -0.39 is 11.9 Å². The first-order chi connectivity index (χ1) is 9.09. The lowest BCUT2D eigenvalue weighted by atomic mass is 10.0. The summed E-state index contributed by atoms with van der Waals surface area (Å²) in [6.07, 6.45) is 0.535. The minimum atomic E-state index is -0.821. The topological polar surface area (TPSA) is 69.6 Å². The summed E-state index contributed by atoms with van der Waals surface area (Å²) in [6.45, 7) is 2.51. The van der Waals surface area contributed by atoms with Crippen molar-refractivity contribution < 1.29 is 14.7 Å². The Bertz CT molecular complexity index is 461. The maximum Gasteiger partial charge on any atom is 0.308 e. The van der Waals surface area contributed by atoms with Crippen molar-refractivity contribution in [3.63, 3.8) is 0 Å². The minimum absolute atomic E-state index is 0.0555. The lowest BCUT2D eigenvalue weighted by Gasteiger charge is -2.23. The number of para-hydroxylation sites is 1. The molecule has 0 aliphatic carbocycles. The highest BCUT2D eigenvalue weighted by Crippen LogP contribution is 2.24. The number of nitrogens with zero attached hydrogens (tertiary/aromatic N) is 1. The van der Waals surface area contributed by atoms with Gasteiger partial charge in [-0.05, 0) is 25.5 Å². The van der Waals surface area contributed by atoms with Crippen LogP contribution < -0.4 is 5.32 Å². The van der Waals surface area contributed by atoms with Crippen LogP contribution in [0.25, 0.3) is 0 Å². The molecule has 102 valence electrons. The summed E-state index contributed by atoms with van der Waals surface area (Å²) in [6, 6.07) is 9.24. The van der Waals surface area contributed by atoms with Crippen LogP contribution in [0.5, 0.6) is 0 Å². The summed E-state index contributed by atoms with van der Waals surface area (Å²) in [7, 11) is 0. The van der Waals surface area contributed by atoms with Gasteiger partial charge >= 0.3 is 5.97 Å². The van der Waals surface area contributed by atoms with Crippen molar-refractivity contribution in [3.05, 3.63) is 30.3 Å². The fraction of sp³-hybridized carbons (Fsp3) is 0.429. The number of carboxylic acid groups (broad SMARTS) is 1. The number of carbonyl (C=O) groups is 2. The summed E-state index contributed by atoms with van der Waals surface area (Å²) in [5, 5.41) is 12.1. The molecule has 5 heteroatoms. The Hall–Kier alpha value is -2.04. The maximum absolute atomic E-state index is 12.1. The monoisotopic (exact) mass is 262 g/mol. The number of anilines is 1. The van der Waals surface area contributed by atoms with E-state index in [-0.39, 0.29) is 18.5 Å². The van der Waals surface area contributed by atoms with Gasteiger partial charge in [0.25, 0.3) is 0 Å². The molecular formula is C14H18N2O3. The molecule has 19 heavy (non-hydrogen) atoms. The van der Waals surface area contributed by atoms with Crippen LogP contribution in [0.3, 0.4) is 0 Å². The lowest BCUT2D eigenvalue weighted by Crippen LogP contribution is -2.40. The Morgan fingerprint density at radius 3 is 2.63 bits per heavy atom. The fourth-order valence-electron chi connectivity index (χ4n) is 2.46. The average Bonchev–Trinajstić information content (AvgIpc) is 2.79. The molecule has 1 fully saturated rings. The summed E-state index contributed by atoms with van der Waals surface area (Å²) in [5.41, 5.74) is 0.887. The molecule has 2 N–H and O–H groups in total. The van der Waals surface area contributed by atoms with Gasteiger partial charge in [0.2, 0.25) is 5.91 Å². The van der Waals surface area contributed by atoms with Gasteiger partial charge in [-0.1, -0.05) is 18.2 Å². The van der Waals surface area contributed by atoms with Crippen LogP contribution >= 0.6 is 0 Å². The molecule has 0 radical (unpaired) electrons. The summed E-state index contributed by atoms with van der Waals surface area (Å²) in [5.74, 6) is -1.32. The molecule has 2 atom stereocenters. The first-order valence-electron chi connectivity index (χ1n) is 6.41. The Kier molecular flexibility index (Phi) is 4.04. The number of carboxylic acids is 1. The highest BCUT2D eigenvalue weighted by molar-refractivity contribution is 5.83. The van der Waals surface area contributed by atoms with Crippen molar-refractivity contribution in [1.29, 1.82) is 0 Å². The van der Waals surface area contributed by atoms with E-state index in [0.29, 0.717) is 13.0 Å². The number of carbonyl (C=O) groups excluding carboxylic acids is 1. The third kappa shape index (κ3) is 3.05. The van der Waals surface area contributed by atoms with Gasteiger partial charge in [-0.2, -0.15) is 0 Å². The van der Waals surface area contributed by atoms with E-state index in [2.05, 4.69) is 5.32 Å². The van der Waals surface area contributed by atoms with Crippen LogP contribution in [0.15, 0.2) is 30.3 Å². The van der Waals surface area contributed by atoms with E-state index in [1.165, 1.54) is 0 Å². The van der Waals surface area contributed by atoms with E-state index in [1.807, 2.05) is 30.3 Å². The summed E-state index contributed by atoms with van der Waals surface area (Å²) >= 11 is 0. The van der Waals surface area contributed by atoms with Crippen molar-refractivity contribution in [1.82, 2.24) is 4.90 Å². The Labute approximate surface area is 112 Å². The highest BCUT2D eigenvalue weighted by Gasteiger charge is 2.37. The van der Waals surface area contributed by atoms with Gasteiger partial charge in [-0.15, -0.1) is 0 Å². The van der Waals surface area contributed by atoms with E-state index in [4.69, 9.17) is 5.11 Å². The number of benzene rings is 1. The molecule has 1 aromatic carbocycles. The van der Waals surface area contributed by atoms with E-state index in [0.717, 1.165) is 5.69 Å². The van der Waals surface area contributed by atoms with Crippen molar-refractivity contribution in [3.8, 4) is 0 Å². The highest BCUT2D eigenvalue weighted by atomic mass is 16.4. The molecule has 0 saturated carbocycles. The number of nitrogens with one attached hydrogen (secondary N) is 1. The largest absolute Gasteiger partial charge is 0.481 e. The van der Waals surface area contributed by atoms with Gasteiger partial charge in [0, 0.05) is 18.3 Å². The second-order valence-corrected chi connectivity index (χ2v) is 4.78. The predicted molar refractivity (Wildman–Crippen MR) is 71.8 cm³/mol. The standard InChI is InChI=1S/C14H18N2O3/c1-10-12(14(18)19)7-8-16(10)13(17)9-15-11-5-3-2-4-6-11/h2-6,10,12,15H,7-9H2,1H3,(H,18,19). The average molecular weight is 262 g/mol. The molecule has 0 bridgehead atoms. The molecule has 1 heterocycles. The zero-order valence-corrected chi connectivity index (χ0v) is 10.9. The molecule has 2 rings (SSSR count). The molecule has 1 amide bonds. The van der Waals surface area contributed by atoms with Gasteiger partial charge in [0.05, 0.1) is 12.5 Å². The third-order valence-corrected chi connectivity index (χ3v) is 3.61. The van der Waals surface area contributed by atoms with Crippen LogP contribution in [0, 0.1) is 5.92 Å². The number of aliphatic carboxylic acids is 1. The Balaban J connectivity index is 1.89. The van der Waals surface area contributed by atoms with E-state index >= 15 is 0 Å². The number of hydrogen-bond donors (Lipinski definition) is 2. The molecule has 0 spiro atoms. The first kappa shape index (κ1) is 13.4. The Morgan fingerprint density at radius 2 is 2.05 bits per heavy atom. The van der Waals surface area contributed by atoms with Crippen molar-refractivity contribution in [2.45, 2.75) is 19.4 Å². The lowest BCUT2D eigenvalue weighted by molar-refractivity contribution is -0.142. The molecule has 1 aliphatic heterocycles. The van der Waals surface area contributed by atoms with Gasteiger partial charge in [0.15, 0.2) is 0 Å². The maximum atomic E-state index is 12.1. The Morgan fingerprint density at radius 1 is 1.37 bits per heavy atom. The summed E-state index contributed by atoms with van der Waals surface area (Å²) in [4.78, 5) is 24.7. The minimum Gasteiger partial charge on any atom is -0.481 e. The van der Waals surface area contributed by atoms with Gasteiger partial charge in [0.1, 0.15) is 0 Å². The van der Waals surface area contributed by atoms with Crippen molar-refractivity contribution in [2.24, 2.45) is 5.92 Å². The van der Waals surface area contributed by atoms with E-state index in [1.54, 1.807) is 11.8 Å². The van der Waals surface area contributed by atoms with Crippen molar-refractivity contribution >= 4 is 17.6 Å². The molecule has 0 aromatic heterocycles. The smallest absolute Gasteiger partial charge is 0.308 e. The number of amides is 1. The zero-order chi connectivity index (χ0) is 13.8. The van der Waals surface area contributed by atoms with Crippen LogP contribution in [0.2, 0.25) is 0 Å². The van der Waals surface area contributed by atoms with Crippen LogP contribution in [-0.2, 0) is 9.59 Å². The normalized spacial score (nSPS) is 22.3. The van der Waals surface area contributed by atoms with Gasteiger partial charge in [-0.3, -0.25) is 9.59 Å². The molecule has 1 saturated heterocycles. The first-order valence-corrected chi connectivity index (χ1v) is 6.41. The van der Waals surface area contributed by atoms with Crippen LogP contribution in [0.1, 0.15) is 13.3 Å². The van der Waals surface area contributed by atoms with Crippen LogP contribution in [-0.4, -0.2) is 41.0 Å². The number of hydrogen-bond acceptors (Lipinski definition) is 3. The second-order valence-electron chi connectivity index (χ2n) is 4.78. The quantitative estimate of drug-likeness (QED) is 0.861. The number of rotatable bonds is 4. The fourth-order valence-corrected chi connectivity index (χ4v) is 2.46. The zero-order valence-electron chi connectivity index (χ0n) is 10.9. The molecule has 1 aromatic rings. The predicted octanol–water partition coefficient (Wildman–Crippen LogP) is 1.42. The molecule has 5 nitrogen and oxygen atoms in total. The van der Waals surface area contributed by atoms with Crippen molar-refractivity contribution in [2.75, 3.05) is 18.4 Å². The van der Waals surface area contributed by atoms with Gasteiger partial charge in [-0.25, -0.2) is 0 Å². The van der Waals surface area contributed by atoms with Crippen LogP contribution in [0.4, 0.5) is 5.69 Å².